The van der Waals surface area contributed by atoms with Gasteiger partial charge in [-0.2, -0.15) is 0 Å². The molecule has 5 heteroatoms. The van der Waals surface area contributed by atoms with Gasteiger partial charge in [0.1, 0.15) is 11.4 Å². The second kappa shape index (κ2) is 6.28. The average molecular weight is 290 g/mol. The van der Waals surface area contributed by atoms with Crippen LogP contribution in [-0.4, -0.2) is 16.6 Å². The van der Waals surface area contributed by atoms with Gasteiger partial charge in [0.2, 0.25) is 0 Å². The Hall–Kier alpha value is -1.20. The zero-order valence-corrected chi connectivity index (χ0v) is 13.0. The lowest BCUT2D eigenvalue weighted by atomic mass is 9.99. The molecule has 1 fully saturated rings. The van der Waals surface area contributed by atoms with E-state index in [4.69, 9.17) is 20.5 Å². The molecule has 0 radical (unpaired) electrons. The van der Waals surface area contributed by atoms with Crippen LogP contribution in [0.2, 0.25) is 0 Å². The summed E-state index contributed by atoms with van der Waals surface area (Å²) in [5, 5.41) is 0. The molecule has 0 amide bonds. The zero-order chi connectivity index (χ0) is 14.7. The van der Waals surface area contributed by atoms with Gasteiger partial charge in [0, 0.05) is 17.9 Å². The second-order valence-electron chi connectivity index (χ2n) is 6.16. The molecule has 2 aliphatic carbocycles. The van der Waals surface area contributed by atoms with E-state index in [9.17, 15) is 0 Å². The minimum absolute atomic E-state index is 0.290. The first kappa shape index (κ1) is 14.7. The summed E-state index contributed by atoms with van der Waals surface area (Å²) in [5.41, 5.74) is 4.90. The van der Waals surface area contributed by atoms with Crippen LogP contribution < -0.4 is 11.3 Å². The van der Waals surface area contributed by atoms with E-state index in [1.807, 2.05) is 6.92 Å². The highest BCUT2D eigenvalue weighted by Gasteiger charge is 2.40. The summed E-state index contributed by atoms with van der Waals surface area (Å²) >= 11 is 0. The van der Waals surface area contributed by atoms with Crippen molar-refractivity contribution in [2.24, 2.45) is 5.84 Å². The van der Waals surface area contributed by atoms with Gasteiger partial charge in [0.05, 0.1) is 0 Å². The summed E-state index contributed by atoms with van der Waals surface area (Å²) in [6.45, 7) is 2.75. The summed E-state index contributed by atoms with van der Waals surface area (Å²) in [7, 11) is 0. The van der Waals surface area contributed by atoms with E-state index in [0.29, 0.717) is 6.61 Å². The topological polar surface area (TPSA) is 73.1 Å². The molecule has 5 nitrogen and oxygen atoms in total. The van der Waals surface area contributed by atoms with Crippen LogP contribution in [0.5, 0.6) is 0 Å². The first-order valence-corrected chi connectivity index (χ1v) is 8.30. The Morgan fingerprint density at radius 1 is 1.10 bits per heavy atom. The molecule has 21 heavy (non-hydrogen) atoms. The third-order valence-electron chi connectivity index (χ3n) is 4.81. The van der Waals surface area contributed by atoms with Gasteiger partial charge in [-0.25, -0.2) is 15.8 Å². The number of anilines is 1. The summed E-state index contributed by atoms with van der Waals surface area (Å²) in [6, 6.07) is 0. The molecule has 2 aliphatic rings. The van der Waals surface area contributed by atoms with Crippen molar-refractivity contribution in [2.45, 2.75) is 70.3 Å². The first-order chi connectivity index (χ1) is 10.3. The third kappa shape index (κ3) is 2.77. The number of fused-ring (bicyclic) bond motifs is 1. The normalized spacial score (nSPS) is 20.9. The van der Waals surface area contributed by atoms with Crippen LogP contribution in [0.3, 0.4) is 0 Å². The van der Waals surface area contributed by atoms with E-state index in [2.05, 4.69) is 5.43 Å². The molecular formula is C16H26N4O. The number of ether oxygens (including phenoxy) is 1. The van der Waals surface area contributed by atoms with Gasteiger partial charge in [-0.1, -0.05) is 6.42 Å². The molecule has 1 saturated carbocycles. The third-order valence-corrected chi connectivity index (χ3v) is 4.81. The lowest BCUT2D eigenvalue weighted by Gasteiger charge is -2.28. The van der Waals surface area contributed by atoms with E-state index in [0.717, 1.165) is 37.3 Å². The van der Waals surface area contributed by atoms with Crippen molar-refractivity contribution in [1.82, 2.24) is 9.97 Å². The number of nitrogens with two attached hydrogens (primary N) is 1. The Morgan fingerprint density at radius 2 is 1.86 bits per heavy atom. The largest absolute Gasteiger partial charge is 0.367 e. The number of hydrazine groups is 1. The molecule has 0 saturated heterocycles. The number of nitrogen functional groups attached to an aromatic ring is 1. The van der Waals surface area contributed by atoms with Crippen LogP contribution in [0.15, 0.2) is 0 Å². The fraction of sp³-hybridized carbons (Fsp3) is 0.750. The highest BCUT2D eigenvalue weighted by atomic mass is 16.5. The maximum atomic E-state index is 6.10. The molecule has 0 aromatic carbocycles. The number of hydrogen-bond acceptors (Lipinski definition) is 5. The van der Waals surface area contributed by atoms with Crippen molar-refractivity contribution >= 4 is 5.82 Å². The molecule has 0 atom stereocenters. The van der Waals surface area contributed by atoms with E-state index in [1.54, 1.807) is 0 Å². The Kier molecular flexibility index (Phi) is 4.40. The standard InChI is InChI=1S/C16H26N4O/c1-2-21-16(10-6-7-11-16)15-18-13-9-5-3-4-8-12(13)14(19-15)20-17/h2-11,17H2,1H3,(H,18,19,20). The van der Waals surface area contributed by atoms with Crippen LogP contribution in [0.25, 0.3) is 0 Å². The predicted molar refractivity (Wildman–Crippen MR) is 82.9 cm³/mol. The van der Waals surface area contributed by atoms with Gasteiger partial charge in [0.15, 0.2) is 5.82 Å². The average Bonchev–Trinajstić information content (AvgIpc) is 2.85. The van der Waals surface area contributed by atoms with Crippen LogP contribution in [0.4, 0.5) is 5.82 Å². The van der Waals surface area contributed by atoms with Crippen LogP contribution in [-0.2, 0) is 23.2 Å². The minimum atomic E-state index is -0.290. The first-order valence-electron chi connectivity index (χ1n) is 8.30. The van der Waals surface area contributed by atoms with E-state index >= 15 is 0 Å². The van der Waals surface area contributed by atoms with Gasteiger partial charge in [-0.15, -0.1) is 0 Å². The minimum Gasteiger partial charge on any atom is -0.367 e. The van der Waals surface area contributed by atoms with Crippen LogP contribution in [0.1, 0.15) is 69.0 Å². The maximum absolute atomic E-state index is 6.10. The molecule has 116 valence electrons. The number of aromatic nitrogens is 2. The summed E-state index contributed by atoms with van der Waals surface area (Å²) < 4.78 is 6.10. The van der Waals surface area contributed by atoms with Crippen molar-refractivity contribution in [1.29, 1.82) is 0 Å². The summed E-state index contributed by atoms with van der Waals surface area (Å²) in [6.07, 6.45) is 10.1. The van der Waals surface area contributed by atoms with Gasteiger partial charge in [0.25, 0.3) is 0 Å². The van der Waals surface area contributed by atoms with E-state index in [-0.39, 0.29) is 5.60 Å². The molecule has 1 aromatic heterocycles. The van der Waals surface area contributed by atoms with Gasteiger partial charge < -0.3 is 10.2 Å². The van der Waals surface area contributed by atoms with Gasteiger partial charge >= 0.3 is 0 Å². The van der Waals surface area contributed by atoms with Gasteiger partial charge in [-0.3, -0.25) is 0 Å². The number of aryl methyl sites for hydroxylation is 1. The van der Waals surface area contributed by atoms with Crippen molar-refractivity contribution in [2.75, 3.05) is 12.0 Å². The predicted octanol–water partition coefficient (Wildman–Crippen LogP) is 2.84. The SMILES string of the molecule is CCOC1(c2nc3c(c(NN)n2)CCCCC3)CCCC1. The number of nitrogens with zero attached hydrogens (tertiary/aromatic N) is 2. The van der Waals surface area contributed by atoms with Crippen molar-refractivity contribution in [3.8, 4) is 0 Å². The summed E-state index contributed by atoms with van der Waals surface area (Å²) in [4.78, 5) is 9.67. The van der Waals surface area contributed by atoms with E-state index in [1.165, 1.54) is 43.4 Å². The van der Waals surface area contributed by atoms with Crippen molar-refractivity contribution in [3.63, 3.8) is 0 Å². The fourth-order valence-corrected chi connectivity index (χ4v) is 3.75. The summed E-state index contributed by atoms with van der Waals surface area (Å²) in [5.74, 6) is 7.38. The molecular weight excluding hydrogens is 264 g/mol. The van der Waals surface area contributed by atoms with E-state index < -0.39 is 0 Å². The fourth-order valence-electron chi connectivity index (χ4n) is 3.75. The molecule has 0 spiro atoms. The molecule has 0 aliphatic heterocycles. The zero-order valence-electron chi connectivity index (χ0n) is 13.0. The molecule has 0 bridgehead atoms. The lowest BCUT2D eigenvalue weighted by molar-refractivity contribution is -0.0457. The maximum Gasteiger partial charge on any atom is 0.162 e. The Morgan fingerprint density at radius 3 is 2.57 bits per heavy atom. The number of hydrogen-bond donors (Lipinski definition) is 2. The van der Waals surface area contributed by atoms with Crippen LogP contribution in [0, 0.1) is 0 Å². The highest BCUT2D eigenvalue weighted by molar-refractivity contribution is 5.47. The monoisotopic (exact) mass is 290 g/mol. The number of rotatable bonds is 4. The smallest absolute Gasteiger partial charge is 0.162 e. The van der Waals surface area contributed by atoms with Crippen LogP contribution >= 0.6 is 0 Å². The second-order valence-corrected chi connectivity index (χ2v) is 6.16. The quantitative estimate of drug-likeness (QED) is 0.507. The van der Waals surface area contributed by atoms with Crippen molar-refractivity contribution in [3.05, 3.63) is 17.1 Å². The Labute approximate surface area is 126 Å². The van der Waals surface area contributed by atoms with Crippen molar-refractivity contribution < 1.29 is 4.74 Å². The molecule has 0 unspecified atom stereocenters. The molecule has 3 N–H and O–H groups in total. The number of nitrogens with one attached hydrogen (secondary N) is 1. The Bertz CT molecular complexity index is 497. The lowest BCUT2D eigenvalue weighted by Crippen LogP contribution is -2.30. The molecule has 1 heterocycles. The highest BCUT2D eigenvalue weighted by Crippen LogP contribution is 2.41. The molecule has 1 aromatic rings. The van der Waals surface area contributed by atoms with Gasteiger partial charge in [-0.05, 0) is 58.3 Å². The molecule has 3 rings (SSSR count). The Balaban J connectivity index is 2.04.